The van der Waals surface area contributed by atoms with Gasteiger partial charge in [0, 0.05) is 43.8 Å². The summed E-state index contributed by atoms with van der Waals surface area (Å²) in [6, 6.07) is 43.4. The molecule has 0 amide bonds. The summed E-state index contributed by atoms with van der Waals surface area (Å²) in [5, 5.41) is 13.5. The second-order valence-corrected chi connectivity index (χ2v) is 17.0. The summed E-state index contributed by atoms with van der Waals surface area (Å²) in [6.07, 6.45) is 3.21. The fourth-order valence-electron chi connectivity index (χ4n) is 11.0. The van der Waals surface area contributed by atoms with Gasteiger partial charge < -0.3 is 9.97 Å². The predicted octanol–water partition coefficient (Wildman–Crippen LogP) is 13.7. The van der Waals surface area contributed by atoms with E-state index in [2.05, 4.69) is 159 Å². The second-order valence-electron chi connectivity index (χ2n) is 17.0. The van der Waals surface area contributed by atoms with Crippen molar-refractivity contribution in [1.82, 2.24) is 39.9 Å². The molecule has 8 heteroatoms. The zero-order valence-corrected chi connectivity index (χ0v) is 36.1. The Hall–Kier alpha value is -7.84. The van der Waals surface area contributed by atoms with Crippen molar-refractivity contribution in [3.63, 3.8) is 0 Å². The van der Waals surface area contributed by atoms with Crippen LogP contribution in [0.4, 0.5) is 0 Å². The van der Waals surface area contributed by atoms with Crippen molar-refractivity contribution in [3.05, 3.63) is 144 Å². The molecule has 8 nitrogen and oxygen atoms in total. The average Bonchev–Trinajstić information content (AvgIpc) is 4.06. The topological polar surface area (TPSA) is 109 Å². The molecule has 8 aromatic carbocycles. The van der Waals surface area contributed by atoms with Gasteiger partial charge in [0.1, 0.15) is 22.6 Å². The van der Waals surface area contributed by atoms with E-state index < -0.39 is 0 Å². The molecule has 306 valence electrons. The van der Waals surface area contributed by atoms with Crippen molar-refractivity contribution in [2.45, 2.75) is 53.4 Å². The van der Waals surface area contributed by atoms with Crippen LogP contribution in [0.5, 0.6) is 0 Å². The summed E-state index contributed by atoms with van der Waals surface area (Å²) in [6.45, 7) is 8.87. The SMILES string of the molecule is CCc1c2c(cc3ccccc13)-c1nc-2nc2[nH]c(nc3nc(nc4[nH]c(n1)c1c(CC)c5ccccc5cc41)-c1c-3cc3ccccc3c1CC)c1c(CC)c3ccccc3cc21. The van der Waals surface area contributed by atoms with Gasteiger partial charge in [0.25, 0.3) is 0 Å². The molecule has 2 aliphatic heterocycles. The third-order valence-electron chi connectivity index (χ3n) is 13.7. The maximum atomic E-state index is 5.56. The molecule has 0 fully saturated rings. The normalized spacial score (nSPS) is 12.3. The smallest absolute Gasteiger partial charge is 0.165 e. The van der Waals surface area contributed by atoms with E-state index in [4.69, 9.17) is 29.9 Å². The van der Waals surface area contributed by atoms with E-state index in [-0.39, 0.29) is 0 Å². The Morgan fingerprint density at radius 3 is 1.03 bits per heavy atom. The highest BCUT2D eigenvalue weighted by Crippen LogP contribution is 2.45. The first-order chi connectivity index (χ1) is 31.5. The predicted molar refractivity (Wildman–Crippen MR) is 264 cm³/mol. The van der Waals surface area contributed by atoms with Gasteiger partial charge >= 0.3 is 0 Å². The Morgan fingerprint density at radius 2 is 0.656 bits per heavy atom. The van der Waals surface area contributed by atoms with Crippen molar-refractivity contribution in [1.29, 1.82) is 0 Å². The number of aromatic nitrogens is 8. The minimum atomic E-state index is 0.616. The lowest BCUT2D eigenvalue weighted by molar-refractivity contribution is 1.15. The quantitative estimate of drug-likeness (QED) is 0.183. The molecule has 0 saturated heterocycles. The van der Waals surface area contributed by atoms with E-state index in [1.807, 2.05) is 0 Å². The van der Waals surface area contributed by atoms with Crippen LogP contribution in [0.3, 0.4) is 0 Å². The number of nitrogens with one attached hydrogen (secondary N) is 2. The van der Waals surface area contributed by atoms with Crippen LogP contribution in [0.15, 0.2) is 121 Å². The number of fused-ring (bicyclic) bond motifs is 24. The summed E-state index contributed by atoms with van der Waals surface area (Å²) < 4.78 is 0. The molecule has 3 aromatic heterocycles. The third-order valence-corrected chi connectivity index (χ3v) is 13.7. The number of benzene rings is 8. The van der Waals surface area contributed by atoms with E-state index in [1.165, 1.54) is 43.8 Å². The Labute approximate surface area is 368 Å². The fraction of sp³-hybridized carbons (Fsp3) is 0.143. The van der Waals surface area contributed by atoms with Crippen molar-refractivity contribution in [2.24, 2.45) is 0 Å². The van der Waals surface area contributed by atoms with Gasteiger partial charge in [-0.2, -0.15) is 0 Å². The summed E-state index contributed by atoms with van der Waals surface area (Å²) in [5.74, 6) is 2.49. The Morgan fingerprint density at radius 1 is 0.328 bits per heavy atom. The molecule has 5 heterocycles. The van der Waals surface area contributed by atoms with Crippen LogP contribution in [0, 0.1) is 0 Å². The molecule has 0 unspecified atom stereocenters. The van der Waals surface area contributed by atoms with Crippen molar-refractivity contribution < 1.29 is 0 Å². The van der Waals surface area contributed by atoms with Gasteiger partial charge in [-0.25, -0.2) is 29.9 Å². The Kier molecular flexibility index (Phi) is 7.95. The minimum Gasteiger partial charge on any atom is -0.324 e. The molecular formula is C56H42N8. The van der Waals surface area contributed by atoms with Crippen molar-refractivity contribution in [3.8, 4) is 45.6 Å². The van der Waals surface area contributed by atoms with Crippen LogP contribution in [0.1, 0.15) is 49.9 Å². The molecule has 2 aliphatic rings. The van der Waals surface area contributed by atoms with E-state index in [0.29, 0.717) is 45.9 Å². The van der Waals surface area contributed by atoms with Gasteiger partial charge in [-0.1, -0.05) is 125 Å². The van der Waals surface area contributed by atoms with E-state index >= 15 is 0 Å². The van der Waals surface area contributed by atoms with E-state index in [1.54, 1.807) is 0 Å². The van der Waals surface area contributed by atoms with E-state index in [0.717, 1.165) is 91.0 Å². The molecule has 0 radical (unpaired) electrons. The van der Waals surface area contributed by atoms with E-state index in [9.17, 15) is 0 Å². The van der Waals surface area contributed by atoms with Gasteiger partial charge in [0.15, 0.2) is 23.3 Å². The minimum absolute atomic E-state index is 0.616. The van der Waals surface area contributed by atoms with Gasteiger partial charge in [0.2, 0.25) is 0 Å². The molecule has 8 bridgehead atoms. The lowest BCUT2D eigenvalue weighted by Crippen LogP contribution is -1.93. The molecule has 13 rings (SSSR count). The summed E-state index contributed by atoms with van der Waals surface area (Å²) in [5.41, 5.74) is 11.6. The first-order valence-electron chi connectivity index (χ1n) is 22.5. The van der Waals surface area contributed by atoms with Crippen LogP contribution >= 0.6 is 0 Å². The van der Waals surface area contributed by atoms with Crippen LogP contribution in [-0.4, -0.2) is 39.9 Å². The highest BCUT2D eigenvalue weighted by molar-refractivity contribution is 6.16. The molecule has 11 aromatic rings. The van der Waals surface area contributed by atoms with Crippen molar-refractivity contribution in [2.75, 3.05) is 0 Å². The Balaban J connectivity index is 1.29. The molecular weight excluding hydrogens is 785 g/mol. The number of aryl methyl sites for hydroxylation is 4. The zero-order valence-electron chi connectivity index (χ0n) is 36.1. The second kappa shape index (κ2) is 13.8. The number of nitrogens with zero attached hydrogens (tertiary/aromatic N) is 6. The fourth-order valence-corrected chi connectivity index (χ4v) is 11.0. The van der Waals surface area contributed by atoms with Crippen LogP contribution in [0.2, 0.25) is 0 Å². The van der Waals surface area contributed by atoms with Gasteiger partial charge in [-0.05, 0) is 115 Å². The summed E-state index contributed by atoms with van der Waals surface area (Å²) >= 11 is 0. The maximum absolute atomic E-state index is 5.56. The lowest BCUT2D eigenvalue weighted by Gasteiger charge is -2.11. The molecule has 0 atom stereocenters. The van der Waals surface area contributed by atoms with Crippen LogP contribution in [-0.2, 0) is 25.7 Å². The molecule has 0 aliphatic carbocycles. The number of H-pyrrole nitrogens is 2. The highest BCUT2D eigenvalue weighted by Gasteiger charge is 2.28. The first-order valence-corrected chi connectivity index (χ1v) is 22.5. The third kappa shape index (κ3) is 5.16. The van der Waals surface area contributed by atoms with Gasteiger partial charge in [-0.15, -0.1) is 0 Å². The zero-order chi connectivity index (χ0) is 42.8. The van der Waals surface area contributed by atoms with Crippen LogP contribution < -0.4 is 0 Å². The number of rotatable bonds is 4. The first kappa shape index (κ1) is 36.8. The average molecular weight is 827 g/mol. The van der Waals surface area contributed by atoms with Crippen molar-refractivity contribution >= 4 is 87.2 Å². The lowest BCUT2D eigenvalue weighted by atomic mass is 9.93. The molecule has 64 heavy (non-hydrogen) atoms. The van der Waals surface area contributed by atoms with Crippen LogP contribution in [0.25, 0.3) is 133 Å². The Bertz CT molecular complexity index is 3760. The number of aromatic amines is 2. The largest absolute Gasteiger partial charge is 0.324 e. The summed E-state index contributed by atoms with van der Waals surface area (Å²) in [4.78, 5) is 40.6. The standard InChI is InChI=1S/C56H42N8/c1-5-33-37-21-13-9-17-29(37)25-41-45(33)53-57-49(41)62-54-47-35(7-3)39-23-15-11-19-31(39)27-43(47)51(59-54)64-56-48-36(8-4)40-24-16-12-20-32(40)28-44(48)52(60-56)63-55-46-34(6-2)38-22-14-10-18-30(38)26-42(46)50(58-55)61-53/h9-28H,5-8H2,1-4H3,(H2,57,58,59,60,61,62,63,64). The summed E-state index contributed by atoms with van der Waals surface area (Å²) in [7, 11) is 0. The number of hydrogen-bond donors (Lipinski definition) is 2. The maximum Gasteiger partial charge on any atom is 0.165 e. The van der Waals surface area contributed by atoms with Gasteiger partial charge in [-0.3, -0.25) is 0 Å². The molecule has 0 spiro atoms. The highest BCUT2D eigenvalue weighted by atomic mass is 15.1. The molecule has 0 saturated carbocycles. The van der Waals surface area contributed by atoms with Gasteiger partial charge in [0.05, 0.1) is 0 Å². The monoisotopic (exact) mass is 826 g/mol. The number of hydrogen-bond acceptors (Lipinski definition) is 6. The molecule has 2 N–H and O–H groups in total.